The first-order chi connectivity index (χ1) is 15.7. The number of carbonyl (C=O) groups is 3. The highest BCUT2D eigenvalue weighted by Crippen LogP contribution is 2.34. The van der Waals surface area contributed by atoms with E-state index in [0.717, 1.165) is 18.2 Å². The van der Waals surface area contributed by atoms with Gasteiger partial charge in [0.25, 0.3) is 0 Å². The SMILES string of the molecule is COC(=O)c1c(C)[nH]c(C(=O)[C@@H](C)OC(=O)[C@@H](Nc2ccc(C(F)(F)F)cc2Cl)C(C)C)c1C. The van der Waals surface area contributed by atoms with Gasteiger partial charge >= 0.3 is 18.1 Å². The van der Waals surface area contributed by atoms with Crippen LogP contribution in [0.15, 0.2) is 18.2 Å². The standard InChI is InChI=1S/C23H26ClF3N2O5/c1-10(2)18(29-16-8-7-14(9-15(16)24)23(25,26)27)22(32)34-13(5)20(30)19-11(3)17(12(4)28-19)21(31)33-6/h7-10,13,18,28-29H,1-6H3/t13-,18+/m1/s1. The van der Waals surface area contributed by atoms with Crippen LogP contribution in [0.25, 0.3) is 0 Å². The summed E-state index contributed by atoms with van der Waals surface area (Å²) in [5.41, 5.74) is 0.329. The van der Waals surface area contributed by atoms with Gasteiger partial charge in [-0.25, -0.2) is 9.59 Å². The molecule has 0 fully saturated rings. The summed E-state index contributed by atoms with van der Waals surface area (Å²) in [5.74, 6) is -2.30. The van der Waals surface area contributed by atoms with Crippen molar-refractivity contribution in [2.45, 2.75) is 52.9 Å². The van der Waals surface area contributed by atoms with Crippen LogP contribution in [-0.4, -0.2) is 42.0 Å². The Morgan fingerprint density at radius 3 is 2.24 bits per heavy atom. The van der Waals surface area contributed by atoms with Gasteiger partial charge in [-0.2, -0.15) is 13.2 Å². The van der Waals surface area contributed by atoms with Gasteiger partial charge in [-0.05, 0) is 50.5 Å². The number of ether oxygens (including phenoxy) is 2. The van der Waals surface area contributed by atoms with Gasteiger partial charge < -0.3 is 19.8 Å². The third-order valence-corrected chi connectivity index (χ3v) is 5.58. The molecule has 2 N–H and O–H groups in total. The summed E-state index contributed by atoms with van der Waals surface area (Å²) in [4.78, 5) is 40.5. The van der Waals surface area contributed by atoms with Crippen molar-refractivity contribution >= 4 is 35.0 Å². The molecule has 0 spiro atoms. The number of Topliss-reactive ketones (excluding diaryl/α,β-unsaturated/α-hetero) is 1. The summed E-state index contributed by atoms with van der Waals surface area (Å²) in [6.45, 7) is 7.97. The number of carbonyl (C=O) groups excluding carboxylic acids is 3. The van der Waals surface area contributed by atoms with Crippen LogP contribution in [-0.2, 0) is 20.4 Å². The van der Waals surface area contributed by atoms with E-state index in [-0.39, 0.29) is 27.9 Å². The summed E-state index contributed by atoms with van der Waals surface area (Å²) >= 11 is 5.99. The van der Waals surface area contributed by atoms with Gasteiger partial charge in [-0.3, -0.25) is 4.79 Å². The second-order valence-corrected chi connectivity index (χ2v) is 8.53. The fourth-order valence-corrected chi connectivity index (χ4v) is 3.62. The lowest BCUT2D eigenvalue weighted by molar-refractivity contribution is -0.148. The number of hydrogen-bond acceptors (Lipinski definition) is 6. The van der Waals surface area contributed by atoms with Crippen LogP contribution in [0.1, 0.15) is 58.4 Å². The van der Waals surface area contributed by atoms with Gasteiger partial charge in [0.05, 0.1) is 34.6 Å². The molecule has 0 radical (unpaired) electrons. The molecular weight excluding hydrogens is 477 g/mol. The van der Waals surface area contributed by atoms with Gasteiger partial charge in [0.1, 0.15) is 6.04 Å². The van der Waals surface area contributed by atoms with Crippen LogP contribution in [0.2, 0.25) is 5.02 Å². The van der Waals surface area contributed by atoms with E-state index in [9.17, 15) is 27.6 Å². The van der Waals surface area contributed by atoms with Crippen molar-refractivity contribution in [1.29, 1.82) is 0 Å². The molecule has 2 atom stereocenters. The van der Waals surface area contributed by atoms with Crippen LogP contribution in [0.4, 0.5) is 18.9 Å². The van der Waals surface area contributed by atoms with Crippen molar-refractivity contribution in [3.63, 3.8) is 0 Å². The summed E-state index contributed by atoms with van der Waals surface area (Å²) in [6.07, 6.45) is -5.77. The first-order valence-corrected chi connectivity index (χ1v) is 10.7. The van der Waals surface area contributed by atoms with E-state index in [1.54, 1.807) is 27.7 Å². The lowest BCUT2D eigenvalue weighted by atomic mass is 10.0. The summed E-state index contributed by atoms with van der Waals surface area (Å²) in [7, 11) is 1.22. The normalized spacial score (nSPS) is 13.4. The number of rotatable bonds is 8. The number of halogens is 4. The first kappa shape index (κ1) is 27.2. The Hall–Kier alpha value is -3.01. The van der Waals surface area contributed by atoms with Crippen LogP contribution >= 0.6 is 11.6 Å². The van der Waals surface area contributed by atoms with Crippen molar-refractivity contribution in [2.24, 2.45) is 5.92 Å². The van der Waals surface area contributed by atoms with E-state index in [1.807, 2.05) is 0 Å². The maximum Gasteiger partial charge on any atom is 0.416 e. The van der Waals surface area contributed by atoms with Gasteiger partial charge in [-0.15, -0.1) is 0 Å². The average Bonchev–Trinajstić information content (AvgIpc) is 3.04. The third kappa shape index (κ3) is 5.91. The Labute approximate surface area is 200 Å². The minimum absolute atomic E-state index is 0.109. The topological polar surface area (TPSA) is 97.5 Å². The highest BCUT2D eigenvalue weighted by atomic mass is 35.5. The molecule has 34 heavy (non-hydrogen) atoms. The Kier molecular flexibility index (Phi) is 8.41. The van der Waals surface area contributed by atoms with E-state index in [2.05, 4.69) is 10.3 Å². The number of alkyl halides is 3. The summed E-state index contributed by atoms with van der Waals surface area (Å²) in [5, 5.41) is 2.58. The molecule has 1 heterocycles. The number of aryl methyl sites for hydroxylation is 1. The molecular formula is C23H26ClF3N2O5. The number of hydrogen-bond donors (Lipinski definition) is 2. The van der Waals surface area contributed by atoms with Gasteiger partial charge in [0, 0.05) is 5.69 Å². The second kappa shape index (κ2) is 10.5. The van der Waals surface area contributed by atoms with Crippen LogP contribution in [0.3, 0.4) is 0 Å². The zero-order chi connectivity index (χ0) is 26.0. The highest BCUT2D eigenvalue weighted by molar-refractivity contribution is 6.33. The zero-order valence-corrected chi connectivity index (χ0v) is 20.3. The van der Waals surface area contributed by atoms with Gasteiger partial charge in [-0.1, -0.05) is 25.4 Å². The van der Waals surface area contributed by atoms with Crippen molar-refractivity contribution in [2.75, 3.05) is 12.4 Å². The maximum atomic E-state index is 12.9. The molecule has 7 nitrogen and oxygen atoms in total. The maximum absolute atomic E-state index is 12.9. The lowest BCUT2D eigenvalue weighted by Crippen LogP contribution is -2.39. The Bertz CT molecular complexity index is 1100. The smallest absolute Gasteiger partial charge is 0.416 e. The summed E-state index contributed by atoms with van der Waals surface area (Å²) < 4.78 is 48.7. The number of benzene rings is 1. The van der Waals surface area contributed by atoms with Gasteiger partial charge in [0.2, 0.25) is 5.78 Å². The van der Waals surface area contributed by atoms with Crippen LogP contribution in [0.5, 0.6) is 0 Å². The molecule has 186 valence electrons. The fraction of sp³-hybridized carbons (Fsp3) is 0.435. The van der Waals surface area contributed by atoms with Crippen LogP contribution in [0, 0.1) is 19.8 Å². The zero-order valence-electron chi connectivity index (χ0n) is 19.5. The molecule has 0 aliphatic rings. The molecule has 11 heteroatoms. The Balaban J connectivity index is 2.20. The molecule has 0 bridgehead atoms. The Morgan fingerprint density at radius 2 is 1.74 bits per heavy atom. The van der Waals surface area contributed by atoms with E-state index in [4.69, 9.17) is 21.1 Å². The quantitative estimate of drug-likeness (QED) is 0.373. The molecule has 2 aromatic rings. The lowest BCUT2D eigenvalue weighted by Gasteiger charge is -2.24. The predicted molar refractivity (Wildman–Crippen MR) is 120 cm³/mol. The van der Waals surface area contributed by atoms with Crippen molar-refractivity contribution in [1.82, 2.24) is 4.98 Å². The Morgan fingerprint density at radius 1 is 1.12 bits per heavy atom. The first-order valence-electron chi connectivity index (χ1n) is 10.3. The molecule has 0 unspecified atom stereocenters. The molecule has 0 aliphatic heterocycles. The number of ketones is 1. The highest BCUT2D eigenvalue weighted by Gasteiger charge is 2.33. The molecule has 0 saturated heterocycles. The predicted octanol–water partition coefficient (Wildman–Crippen LogP) is 5.34. The van der Waals surface area contributed by atoms with Crippen LogP contribution < -0.4 is 5.32 Å². The molecule has 2 rings (SSSR count). The number of methoxy groups -OCH3 is 1. The molecule has 0 amide bonds. The molecule has 0 saturated carbocycles. The average molecular weight is 503 g/mol. The fourth-order valence-electron chi connectivity index (χ4n) is 3.38. The number of H-pyrrole nitrogens is 1. The minimum Gasteiger partial charge on any atom is -0.465 e. The van der Waals surface area contributed by atoms with E-state index in [1.165, 1.54) is 14.0 Å². The van der Waals surface area contributed by atoms with Crippen molar-refractivity contribution in [3.05, 3.63) is 51.3 Å². The van der Waals surface area contributed by atoms with Crippen molar-refractivity contribution < 1.29 is 37.0 Å². The summed E-state index contributed by atoms with van der Waals surface area (Å²) in [6, 6.07) is 1.73. The number of aromatic nitrogens is 1. The molecule has 1 aromatic carbocycles. The number of nitrogens with one attached hydrogen (secondary N) is 2. The second-order valence-electron chi connectivity index (χ2n) is 8.12. The van der Waals surface area contributed by atoms with Crippen molar-refractivity contribution in [3.8, 4) is 0 Å². The van der Waals surface area contributed by atoms with Gasteiger partial charge in [0.15, 0.2) is 6.10 Å². The number of aromatic amines is 1. The number of anilines is 1. The number of esters is 2. The minimum atomic E-state index is -4.56. The van der Waals surface area contributed by atoms with E-state index < -0.39 is 41.6 Å². The van der Waals surface area contributed by atoms with E-state index >= 15 is 0 Å². The third-order valence-electron chi connectivity index (χ3n) is 5.26. The molecule has 1 aromatic heterocycles. The monoisotopic (exact) mass is 502 g/mol. The van der Waals surface area contributed by atoms with E-state index in [0.29, 0.717) is 11.3 Å². The molecule has 0 aliphatic carbocycles. The largest absolute Gasteiger partial charge is 0.465 e.